The molecule has 5 nitrogen and oxygen atoms in total. The first-order chi connectivity index (χ1) is 11.2. The number of likely N-dealkylation sites (tertiary alicyclic amines) is 1. The number of rotatable bonds is 5. The number of hydrogen-bond donors (Lipinski definition) is 1. The monoisotopic (exact) mass is 332 g/mol. The number of aryl methyl sites for hydroxylation is 1. The fourth-order valence-corrected chi connectivity index (χ4v) is 3.38. The molecule has 1 saturated heterocycles. The molecule has 6 heteroatoms. The first-order valence-electron chi connectivity index (χ1n) is 7.88. The van der Waals surface area contributed by atoms with E-state index >= 15 is 0 Å². The Morgan fingerprint density at radius 1 is 1.30 bits per heavy atom. The van der Waals surface area contributed by atoms with Gasteiger partial charge < -0.3 is 10.6 Å². The lowest BCUT2D eigenvalue weighted by Crippen LogP contribution is -2.30. The van der Waals surface area contributed by atoms with Gasteiger partial charge in [0.2, 0.25) is 5.91 Å². The van der Waals surface area contributed by atoms with E-state index in [-0.39, 0.29) is 5.91 Å². The van der Waals surface area contributed by atoms with Crippen molar-refractivity contribution in [2.75, 3.05) is 19.6 Å². The number of benzene rings is 1. The minimum absolute atomic E-state index is 0.147. The highest BCUT2D eigenvalue weighted by atomic mass is 35.5. The van der Waals surface area contributed by atoms with Crippen LogP contribution >= 0.6 is 11.6 Å². The van der Waals surface area contributed by atoms with Crippen LogP contribution in [0.25, 0.3) is 0 Å². The number of aromatic nitrogens is 2. The molecule has 0 spiro atoms. The maximum absolute atomic E-state index is 12.5. The second-order valence-electron chi connectivity index (χ2n) is 5.98. The Labute approximate surface area is 141 Å². The first-order valence-corrected chi connectivity index (χ1v) is 8.26. The molecule has 0 unspecified atom stereocenters. The molecular weight excluding hydrogens is 312 g/mol. The average Bonchev–Trinajstić information content (AvgIpc) is 3.19. The maximum Gasteiger partial charge on any atom is 0.224 e. The Morgan fingerprint density at radius 3 is 2.74 bits per heavy atom. The van der Waals surface area contributed by atoms with Crippen LogP contribution in [-0.2, 0) is 11.3 Å². The lowest BCUT2D eigenvalue weighted by Gasteiger charge is -2.17. The molecule has 1 aliphatic rings. The second-order valence-corrected chi connectivity index (χ2v) is 6.42. The van der Waals surface area contributed by atoms with Crippen molar-refractivity contribution >= 4 is 17.5 Å². The van der Waals surface area contributed by atoms with Gasteiger partial charge in [0.1, 0.15) is 0 Å². The van der Waals surface area contributed by atoms with E-state index < -0.39 is 0 Å². The standard InChI is InChI=1S/C17H21ClN4O/c18-15-9-20-22(11-15)7-6-17(23)21-10-14(8-19)16(12-21)13-4-2-1-3-5-13/h1-5,9,11,14,16H,6-8,10,12,19H2/t14-,16+/m1/s1. The predicted molar refractivity (Wildman–Crippen MR) is 90.2 cm³/mol. The topological polar surface area (TPSA) is 64.2 Å². The van der Waals surface area contributed by atoms with Crippen molar-refractivity contribution in [2.24, 2.45) is 11.7 Å². The van der Waals surface area contributed by atoms with E-state index in [4.69, 9.17) is 17.3 Å². The number of halogens is 1. The van der Waals surface area contributed by atoms with Crippen LogP contribution in [0.3, 0.4) is 0 Å². The highest BCUT2D eigenvalue weighted by Gasteiger charge is 2.34. The molecule has 1 aliphatic heterocycles. The zero-order valence-corrected chi connectivity index (χ0v) is 13.7. The van der Waals surface area contributed by atoms with Crippen LogP contribution in [0, 0.1) is 5.92 Å². The lowest BCUT2D eigenvalue weighted by atomic mass is 9.89. The highest BCUT2D eigenvalue weighted by Crippen LogP contribution is 2.32. The maximum atomic E-state index is 12.5. The van der Waals surface area contributed by atoms with Gasteiger partial charge in [-0.15, -0.1) is 0 Å². The molecule has 122 valence electrons. The molecule has 2 N–H and O–H groups in total. The summed E-state index contributed by atoms with van der Waals surface area (Å²) in [6, 6.07) is 10.3. The van der Waals surface area contributed by atoms with Gasteiger partial charge in [0.25, 0.3) is 0 Å². The Bertz CT molecular complexity index is 658. The second kappa shape index (κ2) is 7.15. The number of carbonyl (C=O) groups excluding carboxylic acids is 1. The van der Waals surface area contributed by atoms with Gasteiger partial charge in [-0.25, -0.2) is 0 Å². The SMILES string of the molecule is NC[C@@H]1CN(C(=O)CCn2cc(Cl)cn2)C[C@H]1c1ccccc1. The minimum Gasteiger partial charge on any atom is -0.342 e. The van der Waals surface area contributed by atoms with Crippen LogP contribution in [0.5, 0.6) is 0 Å². The van der Waals surface area contributed by atoms with E-state index in [0.717, 1.165) is 13.1 Å². The number of nitrogens with two attached hydrogens (primary N) is 1. The summed E-state index contributed by atoms with van der Waals surface area (Å²) in [7, 11) is 0. The third-order valence-electron chi connectivity index (χ3n) is 4.48. The van der Waals surface area contributed by atoms with Gasteiger partial charge in [-0.2, -0.15) is 5.10 Å². The van der Waals surface area contributed by atoms with Gasteiger partial charge in [0, 0.05) is 38.2 Å². The summed E-state index contributed by atoms with van der Waals surface area (Å²) in [4.78, 5) is 14.4. The molecule has 2 heterocycles. The molecule has 2 aromatic rings. The number of hydrogen-bond acceptors (Lipinski definition) is 3. The van der Waals surface area contributed by atoms with E-state index in [1.165, 1.54) is 5.56 Å². The Balaban J connectivity index is 1.61. The van der Waals surface area contributed by atoms with Gasteiger partial charge in [-0.3, -0.25) is 9.48 Å². The van der Waals surface area contributed by atoms with E-state index in [2.05, 4.69) is 17.2 Å². The van der Waals surface area contributed by atoms with Gasteiger partial charge in [-0.05, 0) is 18.0 Å². The number of nitrogens with zero attached hydrogens (tertiary/aromatic N) is 3. The van der Waals surface area contributed by atoms with Crippen LogP contribution < -0.4 is 5.73 Å². The molecule has 0 saturated carbocycles. The Kier molecular flexibility index (Phi) is 4.98. The molecule has 1 aromatic carbocycles. The fraction of sp³-hybridized carbons (Fsp3) is 0.412. The molecule has 0 aliphatic carbocycles. The van der Waals surface area contributed by atoms with E-state index in [1.807, 2.05) is 23.1 Å². The van der Waals surface area contributed by atoms with Crippen molar-refractivity contribution in [2.45, 2.75) is 18.9 Å². The lowest BCUT2D eigenvalue weighted by molar-refractivity contribution is -0.130. The third-order valence-corrected chi connectivity index (χ3v) is 4.68. The molecule has 2 atom stereocenters. The van der Waals surface area contributed by atoms with Gasteiger partial charge in [0.15, 0.2) is 0 Å². The molecule has 3 rings (SSSR count). The van der Waals surface area contributed by atoms with Crippen molar-refractivity contribution < 1.29 is 4.79 Å². The van der Waals surface area contributed by atoms with Crippen molar-refractivity contribution in [3.63, 3.8) is 0 Å². The summed E-state index contributed by atoms with van der Waals surface area (Å²) >= 11 is 5.84. The summed E-state index contributed by atoms with van der Waals surface area (Å²) in [5.41, 5.74) is 7.19. The van der Waals surface area contributed by atoms with Crippen molar-refractivity contribution in [3.05, 3.63) is 53.3 Å². The Morgan fingerprint density at radius 2 is 2.09 bits per heavy atom. The summed E-state index contributed by atoms with van der Waals surface area (Å²) in [6.45, 7) is 2.61. The first kappa shape index (κ1) is 16.0. The minimum atomic E-state index is 0.147. The van der Waals surface area contributed by atoms with Crippen LogP contribution in [-0.4, -0.2) is 40.2 Å². The third kappa shape index (κ3) is 3.74. The van der Waals surface area contributed by atoms with E-state index in [0.29, 0.717) is 36.4 Å². The molecular formula is C17H21ClN4O. The zero-order valence-electron chi connectivity index (χ0n) is 12.9. The fourth-order valence-electron chi connectivity index (χ4n) is 3.22. The number of carbonyl (C=O) groups is 1. The van der Waals surface area contributed by atoms with Gasteiger partial charge in [0.05, 0.1) is 11.2 Å². The molecule has 0 radical (unpaired) electrons. The molecule has 1 fully saturated rings. The van der Waals surface area contributed by atoms with E-state index in [9.17, 15) is 4.79 Å². The zero-order chi connectivity index (χ0) is 16.2. The van der Waals surface area contributed by atoms with Crippen LogP contribution in [0.1, 0.15) is 17.9 Å². The van der Waals surface area contributed by atoms with Gasteiger partial charge in [-0.1, -0.05) is 41.9 Å². The number of amides is 1. The molecule has 1 amide bonds. The van der Waals surface area contributed by atoms with Crippen LogP contribution in [0.2, 0.25) is 5.02 Å². The predicted octanol–water partition coefficient (Wildman–Crippen LogP) is 2.13. The summed E-state index contributed by atoms with van der Waals surface area (Å²) in [5, 5.41) is 4.69. The molecule has 23 heavy (non-hydrogen) atoms. The average molecular weight is 333 g/mol. The summed E-state index contributed by atoms with van der Waals surface area (Å²) in [6.07, 6.45) is 3.74. The van der Waals surface area contributed by atoms with Crippen molar-refractivity contribution in [3.8, 4) is 0 Å². The van der Waals surface area contributed by atoms with Crippen molar-refractivity contribution in [1.29, 1.82) is 0 Å². The molecule has 0 bridgehead atoms. The normalized spacial score (nSPS) is 20.9. The largest absolute Gasteiger partial charge is 0.342 e. The van der Waals surface area contributed by atoms with Crippen molar-refractivity contribution in [1.82, 2.24) is 14.7 Å². The Hall–Kier alpha value is -1.85. The highest BCUT2D eigenvalue weighted by molar-refractivity contribution is 6.30. The summed E-state index contributed by atoms with van der Waals surface area (Å²) < 4.78 is 1.70. The van der Waals surface area contributed by atoms with E-state index in [1.54, 1.807) is 17.1 Å². The quantitative estimate of drug-likeness (QED) is 0.912. The summed E-state index contributed by atoms with van der Waals surface area (Å²) in [5.74, 6) is 0.790. The van der Waals surface area contributed by atoms with Crippen LogP contribution in [0.4, 0.5) is 0 Å². The van der Waals surface area contributed by atoms with Gasteiger partial charge >= 0.3 is 0 Å². The molecule has 1 aromatic heterocycles. The smallest absolute Gasteiger partial charge is 0.224 e. The van der Waals surface area contributed by atoms with Crippen LogP contribution in [0.15, 0.2) is 42.7 Å².